The molecule has 0 aliphatic carbocycles. The molecule has 1 heterocycles. The van der Waals surface area contributed by atoms with Gasteiger partial charge in [0, 0.05) is 6.20 Å². The fourth-order valence-corrected chi connectivity index (χ4v) is 4.66. The summed E-state index contributed by atoms with van der Waals surface area (Å²) < 4.78 is 28.9. The molecule has 0 aliphatic heterocycles. The minimum absolute atomic E-state index is 0.117. The Bertz CT molecular complexity index is 1310. The topological polar surface area (TPSA) is 88.2 Å². The highest BCUT2D eigenvalue weighted by molar-refractivity contribution is 7.89. The van der Waals surface area contributed by atoms with E-state index in [9.17, 15) is 13.2 Å². The molecule has 4 rings (SSSR count). The van der Waals surface area contributed by atoms with Crippen molar-refractivity contribution in [1.29, 1.82) is 0 Å². The molecule has 2 N–H and O–H groups in total. The Hall–Kier alpha value is -3.55. The van der Waals surface area contributed by atoms with Gasteiger partial charge in [-0.1, -0.05) is 66.7 Å². The highest BCUT2D eigenvalue weighted by Gasteiger charge is 2.26. The lowest BCUT2D eigenvalue weighted by Crippen LogP contribution is -2.47. The minimum Gasteiger partial charge on any atom is -0.349 e. The number of fused-ring (bicyclic) bond motifs is 1. The van der Waals surface area contributed by atoms with Crippen LogP contribution < -0.4 is 10.0 Å². The normalized spacial score (nSPS) is 12.4. The molecule has 0 saturated heterocycles. The van der Waals surface area contributed by atoms with Gasteiger partial charge < -0.3 is 5.32 Å². The highest BCUT2D eigenvalue weighted by Crippen LogP contribution is 2.19. The first kappa shape index (κ1) is 21.7. The standard InChI is InChI=1S/C25H23N3O3S/c29-25(27-18-22-12-6-7-15-26-22)24(16-19-8-2-1-3-9-19)28-32(30,31)23-14-13-20-10-4-5-11-21(20)17-23/h1-15,17,24,28H,16,18H2,(H,27,29). The van der Waals surface area contributed by atoms with E-state index in [1.54, 1.807) is 36.5 Å². The first-order valence-electron chi connectivity index (χ1n) is 10.2. The Morgan fingerprint density at radius 1 is 0.844 bits per heavy atom. The third-order valence-corrected chi connectivity index (χ3v) is 6.57. The van der Waals surface area contributed by atoms with Crippen molar-refractivity contribution in [3.63, 3.8) is 0 Å². The minimum atomic E-state index is -3.93. The van der Waals surface area contributed by atoms with E-state index in [0.717, 1.165) is 16.3 Å². The predicted molar refractivity (Wildman–Crippen MR) is 124 cm³/mol. The summed E-state index contributed by atoms with van der Waals surface area (Å²) in [4.78, 5) is 17.3. The molecular formula is C25H23N3O3S. The first-order chi connectivity index (χ1) is 15.5. The number of carbonyl (C=O) groups is 1. The molecule has 32 heavy (non-hydrogen) atoms. The number of nitrogens with one attached hydrogen (secondary N) is 2. The Morgan fingerprint density at radius 3 is 2.31 bits per heavy atom. The lowest BCUT2D eigenvalue weighted by Gasteiger charge is -2.19. The quantitative estimate of drug-likeness (QED) is 0.435. The summed E-state index contributed by atoms with van der Waals surface area (Å²) in [5.41, 5.74) is 1.54. The van der Waals surface area contributed by atoms with Crippen molar-refractivity contribution < 1.29 is 13.2 Å². The Labute approximate surface area is 187 Å². The monoisotopic (exact) mass is 445 g/mol. The molecule has 0 saturated carbocycles. The zero-order chi connectivity index (χ0) is 22.4. The lowest BCUT2D eigenvalue weighted by atomic mass is 10.1. The number of carbonyl (C=O) groups excluding carboxylic acids is 1. The number of nitrogens with zero attached hydrogens (tertiary/aromatic N) is 1. The average molecular weight is 446 g/mol. The number of benzene rings is 3. The molecule has 1 aromatic heterocycles. The van der Waals surface area contributed by atoms with Crippen molar-refractivity contribution in [2.75, 3.05) is 0 Å². The van der Waals surface area contributed by atoms with Crippen LogP contribution in [0.2, 0.25) is 0 Å². The van der Waals surface area contributed by atoms with Gasteiger partial charge in [-0.3, -0.25) is 9.78 Å². The van der Waals surface area contributed by atoms with Crippen LogP contribution in [0.15, 0.2) is 102 Å². The van der Waals surface area contributed by atoms with Gasteiger partial charge in [-0.2, -0.15) is 4.72 Å². The van der Waals surface area contributed by atoms with Gasteiger partial charge in [0.1, 0.15) is 6.04 Å². The summed E-state index contributed by atoms with van der Waals surface area (Å²) in [6, 6.07) is 26.2. The lowest BCUT2D eigenvalue weighted by molar-refractivity contribution is -0.122. The summed E-state index contributed by atoms with van der Waals surface area (Å²) in [6.07, 6.45) is 1.87. The van der Waals surface area contributed by atoms with Crippen LogP contribution in [0.1, 0.15) is 11.3 Å². The molecule has 0 radical (unpaired) electrons. The largest absolute Gasteiger partial charge is 0.349 e. The maximum atomic E-state index is 13.2. The molecule has 1 amide bonds. The molecule has 4 aromatic rings. The smallest absolute Gasteiger partial charge is 0.241 e. The van der Waals surface area contributed by atoms with Crippen molar-refractivity contribution in [2.45, 2.75) is 23.9 Å². The Kier molecular flexibility index (Phi) is 6.58. The number of sulfonamides is 1. The molecule has 0 bridgehead atoms. The van der Waals surface area contributed by atoms with E-state index in [1.807, 2.05) is 60.7 Å². The molecule has 6 nitrogen and oxygen atoms in total. The number of hydrogen-bond donors (Lipinski definition) is 2. The molecule has 0 spiro atoms. The second kappa shape index (κ2) is 9.72. The van der Waals surface area contributed by atoms with Crippen LogP contribution in [0.5, 0.6) is 0 Å². The van der Waals surface area contributed by atoms with Crippen LogP contribution in [0.25, 0.3) is 10.8 Å². The van der Waals surface area contributed by atoms with Gasteiger partial charge >= 0.3 is 0 Å². The zero-order valence-corrected chi connectivity index (χ0v) is 18.1. The number of rotatable bonds is 8. The molecule has 162 valence electrons. The van der Waals surface area contributed by atoms with Crippen LogP contribution in [0, 0.1) is 0 Å². The number of aromatic nitrogens is 1. The third-order valence-electron chi connectivity index (χ3n) is 5.10. The summed E-state index contributed by atoms with van der Waals surface area (Å²) in [5.74, 6) is -0.413. The van der Waals surface area contributed by atoms with Crippen molar-refractivity contribution in [3.05, 3.63) is 108 Å². The average Bonchev–Trinajstić information content (AvgIpc) is 2.83. The zero-order valence-electron chi connectivity index (χ0n) is 17.3. The second-order valence-electron chi connectivity index (χ2n) is 7.41. The van der Waals surface area contributed by atoms with Gasteiger partial charge in [0.2, 0.25) is 15.9 Å². The third kappa shape index (κ3) is 5.38. The van der Waals surface area contributed by atoms with Crippen molar-refractivity contribution in [2.24, 2.45) is 0 Å². The van der Waals surface area contributed by atoms with E-state index < -0.39 is 22.0 Å². The first-order valence-corrected chi connectivity index (χ1v) is 11.7. The second-order valence-corrected chi connectivity index (χ2v) is 9.13. The molecule has 0 aliphatic rings. The summed E-state index contributed by atoms with van der Waals surface area (Å²) in [6.45, 7) is 0.211. The van der Waals surface area contributed by atoms with Crippen LogP contribution in [0.4, 0.5) is 0 Å². The number of pyridine rings is 1. The van der Waals surface area contributed by atoms with E-state index in [1.165, 1.54) is 0 Å². The van der Waals surface area contributed by atoms with Gasteiger partial charge in [-0.25, -0.2) is 8.42 Å². The van der Waals surface area contributed by atoms with Crippen LogP contribution >= 0.6 is 0 Å². The van der Waals surface area contributed by atoms with Crippen LogP contribution in [-0.2, 0) is 27.8 Å². The van der Waals surface area contributed by atoms with E-state index in [-0.39, 0.29) is 17.9 Å². The van der Waals surface area contributed by atoms with Gasteiger partial charge in [-0.05, 0) is 47.0 Å². The summed E-state index contributed by atoms with van der Waals surface area (Å²) in [7, 11) is -3.93. The SMILES string of the molecule is O=C(NCc1ccccn1)C(Cc1ccccc1)NS(=O)(=O)c1ccc2ccccc2c1. The van der Waals surface area contributed by atoms with E-state index >= 15 is 0 Å². The van der Waals surface area contributed by atoms with E-state index in [2.05, 4.69) is 15.0 Å². The van der Waals surface area contributed by atoms with Crippen molar-refractivity contribution in [1.82, 2.24) is 15.0 Å². The molecule has 3 aromatic carbocycles. The highest BCUT2D eigenvalue weighted by atomic mass is 32.2. The van der Waals surface area contributed by atoms with Gasteiger partial charge in [0.05, 0.1) is 17.1 Å². The van der Waals surface area contributed by atoms with Gasteiger partial charge in [-0.15, -0.1) is 0 Å². The van der Waals surface area contributed by atoms with Crippen molar-refractivity contribution >= 4 is 26.7 Å². The molecule has 7 heteroatoms. The van der Waals surface area contributed by atoms with Gasteiger partial charge in [0.15, 0.2) is 0 Å². The maximum Gasteiger partial charge on any atom is 0.241 e. The molecule has 0 fully saturated rings. The van der Waals surface area contributed by atoms with Crippen LogP contribution in [0.3, 0.4) is 0 Å². The summed E-state index contributed by atoms with van der Waals surface area (Å²) in [5, 5.41) is 4.55. The molecule has 1 atom stereocenters. The fourth-order valence-electron chi connectivity index (χ4n) is 3.43. The molecule has 1 unspecified atom stereocenters. The maximum absolute atomic E-state index is 13.2. The predicted octanol–water partition coefficient (Wildman–Crippen LogP) is 3.44. The Balaban J connectivity index is 1.57. The van der Waals surface area contributed by atoms with Crippen LogP contribution in [-0.4, -0.2) is 25.4 Å². The number of hydrogen-bond acceptors (Lipinski definition) is 4. The fraction of sp³-hybridized carbons (Fsp3) is 0.120. The van der Waals surface area contributed by atoms with Gasteiger partial charge in [0.25, 0.3) is 0 Å². The van der Waals surface area contributed by atoms with E-state index in [0.29, 0.717) is 5.69 Å². The Morgan fingerprint density at radius 2 is 1.56 bits per heavy atom. The van der Waals surface area contributed by atoms with E-state index in [4.69, 9.17) is 0 Å². The number of amides is 1. The molecular weight excluding hydrogens is 422 g/mol. The summed E-state index contributed by atoms with van der Waals surface area (Å²) >= 11 is 0. The van der Waals surface area contributed by atoms with Crippen molar-refractivity contribution in [3.8, 4) is 0 Å².